The number of amides is 1. The Morgan fingerprint density at radius 2 is 2.17 bits per heavy atom. The van der Waals surface area contributed by atoms with Crippen LogP contribution in [0.4, 0.5) is 4.79 Å². The molecule has 1 aliphatic rings. The predicted octanol–water partition coefficient (Wildman–Crippen LogP) is 3.56. The second-order valence-corrected chi connectivity index (χ2v) is 8.03. The Balaban J connectivity index is 2.23. The predicted molar refractivity (Wildman–Crippen MR) is 94.0 cm³/mol. The molecule has 2 unspecified atom stereocenters. The standard InChI is InChI=1S/C16H22BrClN2O4/c1-9(21)11-7-20(15(22)24-16(2,3)4)8-12(23-11)10-5-13(17)19-14(18)6-10/h5-6,9,11-12,21H,7-8H2,1-4H3/t9-,11?,12?/m1/s1. The zero-order chi connectivity index (χ0) is 18.1. The molecule has 1 saturated heterocycles. The summed E-state index contributed by atoms with van der Waals surface area (Å²) in [4.78, 5) is 18.0. The second kappa shape index (κ2) is 7.56. The van der Waals surface area contributed by atoms with Crippen molar-refractivity contribution in [1.29, 1.82) is 0 Å². The van der Waals surface area contributed by atoms with Crippen LogP contribution in [0.25, 0.3) is 0 Å². The van der Waals surface area contributed by atoms with Crippen LogP contribution in [0.2, 0.25) is 5.15 Å². The number of carbonyl (C=O) groups is 1. The monoisotopic (exact) mass is 420 g/mol. The SMILES string of the molecule is C[C@@H](O)C1CN(C(=O)OC(C)(C)C)CC(c2cc(Cl)nc(Br)c2)O1. The highest BCUT2D eigenvalue weighted by Gasteiger charge is 2.35. The molecule has 1 amide bonds. The maximum Gasteiger partial charge on any atom is 0.410 e. The molecular weight excluding hydrogens is 400 g/mol. The number of morpholine rings is 1. The summed E-state index contributed by atoms with van der Waals surface area (Å²) >= 11 is 9.30. The summed E-state index contributed by atoms with van der Waals surface area (Å²) in [5.41, 5.74) is 0.189. The Morgan fingerprint density at radius 3 is 2.71 bits per heavy atom. The molecule has 134 valence electrons. The topological polar surface area (TPSA) is 71.9 Å². The minimum Gasteiger partial charge on any atom is -0.444 e. The minimum absolute atomic E-state index is 0.267. The Morgan fingerprint density at radius 1 is 1.50 bits per heavy atom. The zero-order valence-corrected chi connectivity index (χ0v) is 16.5. The maximum atomic E-state index is 12.4. The van der Waals surface area contributed by atoms with Crippen LogP contribution in [0, 0.1) is 0 Å². The Labute approximate surface area is 155 Å². The molecule has 0 aliphatic carbocycles. The number of aromatic nitrogens is 1. The summed E-state index contributed by atoms with van der Waals surface area (Å²) < 4.78 is 12.0. The number of hydrogen-bond donors (Lipinski definition) is 1. The minimum atomic E-state index is -0.724. The van der Waals surface area contributed by atoms with E-state index in [9.17, 15) is 9.90 Å². The molecule has 1 N–H and O–H groups in total. The molecular formula is C16H22BrClN2O4. The first kappa shape index (κ1) is 19.4. The van der Waals surface area contributed by atoms with Gasteiger partial charge < -0.3 is 19.5 Å². The maximum absolute atomic E-state index is 12.4. The number of aliphatic hydroxyl groups excluding tert-OH is 1. The van der Waals surface area contributed by atoms with Gasteiger partial charge in [-0.3, -0.25) is 0 Å². The van der Waals surface area contributed by atoms with Crippen LogP contribution in [0.5, 0.6) is 0 Å². The molecule has 6 nitrogen and oxygen atoms in total. The first-order chi connectivity index (χ1) is 11.0. The van der Waals surface area contributed by atoms with Gasteiger partial charge in [0.25, 0.3) is 0 Å². The Bertz CT molecular complexity index is 586. The van der Waals surface area contributed by atoms with Gasteiger partial charge in [0.15, 0.2) is 0 Å². The van der Waals surface area contributed by atoms with Crippen LogP contribution in [0.3, 0.4) is 0 Å². The lowest BCUT2D eigenvalue weighted by molar-refractivity contribution is -0.126. The van der Waals surface area contributed by atoms with Crippen LogP contribution < -0.4 is 0 Å². The quantitative estimate of drug-likeness (QED) is 0.739. The van der Waals surface area contributed by atoms with E-state index in [1.807, 2.05) is 20.8 Å². The molecule has 2 rings (SSSR count). The van der Waals surface area contributed by atoms with E-state index in [0.717, 1.165) is 5.56 Å². The molecule has 0 spiro atoms. The number of hydrogen-bond acceptors (Lipinski definition) is 5. The van der Waals surface area contributed by atoms with E-state index in [0.29, 0.717) is 16.3 Å². The largest absolute Gasteiger partial charge is 0.444 e. The molecule has 1 aromatic heterocycles. The first-order valence-corrected chi connectivity index (χ1v) is 8.86. The fourth-order valence-corrected chi connectivity index (χ4v) is 3.16. The van der Waals surface area contributed by atoms with Crippen molar-refractivity contribution >= 4 is 33.6 Å². The number of pyridine rings is 1. The van der Waals surface area contributed by atoms with Gasteiger partial charge in [-0.2, -0.15) is 0 Å². The fraction of sp³-hybridized carbons (Fsp3) is 0.625. The lowest BCUT2D eigenvalue weighted by Crippen LogP contribution is -2.51. The average Bonchev–Trinajstić information content (AvgIpc) is 2.43. The van der Waals surface area contributed by atoms with Gasteiger partial charge in [0.1, 0.15) is 27.6 Å². The van der Waals surface area contributed by atoms with Crippen LogP contribution in [-0.4, -0.2) is 52.0 Å². The number of rotatable bonds is 2. The van der Waals surface area contributed by atoms with Gasteiger partial charge in [0.05, 0.1) is 19.2 Å². The van der Waals surface area contributed by atoms with Crippen molar-refractivity contribution in [3.63, 3.8) is 0 Å². The van der Waals surface area contributed by atoms with Crippen molar-refractivity contribution in [1.82, 2.24) is 9.88 Å². The molecule has 1 aromatic rings. The third kappa shape index (κ3) is 5.31. The molecule has 0 radical (unpaired) electrons. The van der Waals surface area contributed by atoms with Gasteiger partial charge in [-0.05, 0) is 61.3 Å². The number of nitrogens with zero attached hydrogens (tertiary/aromatic N) is 2. The summed E-state index contributed by atoms with van der Waals surface area (Å²) in [5.74, 6) is 0. The van der Waals surface area contributed by atoms with E-state index in [1.54, 1.807) is 24.0 Å². The molecule has 8 heteroatoms. The van der Waals surface area contributed by atoms with Crippen LogP contribution in [0.15, 0.2) is 16.7 Å². The van der Waals surface area contributed by atoms with Crippen molar-refractivity contribution in [2.75, 3.05) is 13.1 Å². The first-order valence-electron chi connectivity index (χ1n) is 7.69. The van der Waals surface area contributed by atoms with Crippen molar-refractivity contribution in [2.24, 2.45) is 0 Å². The summed E-state index contributed by atoms with van der Waals surface area (Å²) in [7, 11) is 0. The van der Waals surface area contributed by atoms with Gasteiger partial charge in [-0.25, -0.2) is 9.78 Å². The summed E-state index contributed by atoms with van der Waals surface area (Å²) in [6.07, 6.45) is -2.09. The molecule has 1 aliphatic heterocycles. The highest BCUT2D eigenvalue weighted by molar-refractivity contribution is 9.10. The van der Waals surface area contributed by atoms with Crippen molar-refractivity contribution in [3.05, 3.63) is 27.5 Å². The number of ether oxygens (including phenoxy) is 2. The van der Waals surface area contributed by atoms with E-state index in [1.165, 1.54) is 0 Å². The van der Waals surface area contributed by atoms with Crippen LogP contribution in [0.1, 0.15) is 39.4 Å². The van der Waals surface area contributed by atoms with E-state index >= 15 is 0 Å². The van der Waals surface area contributed by atoms with Crippen molar-refractivity contribution < 1.29 is 19.4 Å². The van der Waals surface area contributed by atoms with Gasteiger partial charge in [0.2, 0.25) is 0 Å². The second-order valence-electron chi connectivity index (χ2n) is 6.84. The molecule has 0 bridgehead atoms. The van der Waals surface area contributed by atoms with Gasteiger partial charge in [-0.1, -0.05) is 11.6 Å². The summed E-state index contributed by atoms with van der Waals surface area (Å²) in [6, 6.07) is 3.48. The molecule has 1 fully saturated rings. The average molecular weight is 422 g/mol. The molecule has 0 aromatic carbocycles. The number of carbonyl (C=O) groups excluding carboxylic acids is 1. The lowest BCUT2D eigenvalue weighted by atomic mass is 10.1. The van der Waals surface area contributed by atoms with E-state index in [2.05, 4.69) is 20.9 Å². The van der Waals surface area contributed by atoms with Gasteiger partial charge in [-0.15, -0.1) is 0 Å². The Hall–Kier alpha value is -0.890. The summed E-state index contributed by atoms with van der Waals surface area (Å²) in [5, 5.41) is 10.3. The normalized spacial score (nSPS) is 23.0. The molecule has 24 heavy (non-hydrogen) atoms. The van der Waals surface area contributed by atoms with E-state index < -0.39 is 30.0 Å². The molecule has 2 heterocycles. The van der Waals surface area contributed by atoms with Crippen molar-refractivity contribution in [2.45, 2.75) is 51.6 Å². The molecule has 0 saturated carbocycles. The third-order valence-corrected chi connectivity index (χ3v) is 4.07. The highest BCUT2D eigenvalue weighted by atomic mass is 79.9. The third-order valence-electron chi connectivity index (χ3n) is 3.47. The van der Waals surface area contributed by atoms with E-state index in [4.69, 9.17) is 21.1 Å². The lowest BCUT2D eigenvalue weighted by Gasteiger charge is -2.39. The highest BCUT2D eigenvalue weighted by Crippen LogP contribution is 2.30. The molecule has 3 atom stereocenters. The van der Waals surface area contributed by atoms with Crippen molar-refractivity contribution in [3.8, 4) is 0 Å². The van der Waals surface area contributed by atoms with E-state index in [-0.39, 0.29) is 6.54 Å². The van der Waals surface area contributed by atoms with Gasteiger partial charge >= 0.3 is 6.09 Å². The van der Waals surface area contributed by atoms with Crippen LogP contribution in [-0.2, 0) is 9.47 Å². The Kier molecular flexibility index (Phi) is 6.12. The van der Waals surface area contributed by atoms with Gasteiger partial charge in [0, 0.05) is 0 Å². The zero-order valence-electron chi connectivity index (χ0n) is 14.1. The number of halogens is 2. The summed E-state index contributed by atoms with van der Waals surface area (Å²) in [6.45, 7) is 7.65. The van der Waals surface area contributed by atoms with Crippen LogP contribution >= 0.6 is 27.5 Å². The fourth-order valence-electron chi connectivity index (χ4n) is 2.38. The smallest absolute Gasteiger partial charge is 0.410 e. The number of aliphatic hydroxyl groups is 1.